The quantitative estimate of drug-likeness (QED) is 0.628. The van der Waals surface area contributed by atoms with Gasteiger partial charge in [0.1, 0.15) is 11.5 Å². The fourth-order valence-electron chi connectivity index (χ4n) is 1.72. The lowest BCUT2D eigenvalue weighted by atomic mass is 10.3. The van der Waals surface area contributed by atoms with Crippen LogP contribution in [0, 0.1) is 0 Å². The van der Waals surface area contributed by atoms with Gasteiger partial charge in [-0.3, -0.25) is 4.79 Å². The van der Waals surface area contributed by atoms with Crippen LogP contribution in [0.1, 0.15) is 12.7 Å². The first-order valence-electron chi connectivity index (χ1n) is 7.08. The molecule has 23 heavy (non-hydrogen) atoms. The average molecular weight is 315 g/mol. The van der Waals surface area contributed by atoms with Gasteiger partial charge in [0, 0.05) is 11.8 Å². The van der Waals surface area contributed by atoms with Crippen molar-refractivity contribution in [2.45, 2.75) is 6.92 Å². The van der Waals surface area contributed by atoms with Crippen LogP contribution < -0.4 is 10.1 Å². The molecule has 0 aliphatic rings. The van der Waals surface area contributed by atoms with Gasteiger partial charge in [-0.15, -0.1) is 0 Å². The Morgan fingerprint density at radius 2 is 2.00 bits per heavy atom. The van der Waals surface area contributed by atoms with Crippen LogP contribution in [0.4, 0.5) is 5.69 Å². The lowest BCUT2D eigenvalue weighted by molar-refractivity contribution is -0.142. The molecule has 6 heteroatoms. The van der Waals surface area contributed by atoms with E-state index in [0.29, 0.717) is 18.1 Å². The van der Waals surface area contributed by atoms with Crippen LogP contribution in [0.5, 0.6) is 5.75 Å². The monoisotopic (exact) mass is 315 g/mol. The molecule has 120 valence electrons. The fraction of sp³-hybridized carbons (Fsp3) is 0.176. The highest BCUT2D eigenvalue weighted by Gasteiger charge is 2.06. The number of hydrogen-bond acceptors (Lipinski definition) is 5. The van der Waals surface area contributed by atoms with Crippen molar-refractivity contribution in [3.05, 3.63) is 54.5 Å². The number of esters is 1. The van der Waals surface area contributed by atoms with Crippen molar-refractivity contribution >= 4 is 23.6 Å². The maximum atomic E-state index is 11.7. The second-order valence-corrected chi connectivity index (χ2v) is 4.46. The Kier molecular flexibility index (Phi) is 5.99. The number of anilines is 1. The van der Waals surface area contributed by atoms with E-state index in [4.69, 9.17) is 13.9 Å². The van der Waals surface area contributed by atoms with E-state index in [9.17, 15) is 9.59 Å². The SMILES string of the molecule is CCOc1ccc(NC(=O)COC(=O)C=Cc2ccco2)cc1. The Morgan fingerprint density at radius 1 is 1.22 bits per heavy atom. The first-order chi connectivity index (χ1) is 11.2. The van der Waals surface area contributed by atoms with Gasteiger partial charge in [0.2, 0.25) is 0 Å². The van der Waals surface area contributed by atoms with Crippen molar-refractivity contribution in [3.63, 3.8) is 0 Å². The summed E-state index contributed by atoms with van der Waals surface area (Å²) in [7, 11) is 0. The first-order valence-corrected chi connectivity index (χ1v) is 7.08. The summed E-state index contributed by atoms with van der Waals surface area (Å²) >= 11 is 0. The highest BCUT2D eigenvalue weighted by Crippen LogP contribution is 2.15. The molecule has 1 amide bonds. The van der Waals surface area contributed by atoms with Crippen molar-refractivity contribution in [1.82, 2.24) is 0 Å². The predicted molar refractivity (Wildman–Crippen MR) is 84.9 cm³/mol. The molecule has 0 unspecified atom stereocenters. The van der Waals surface area contributed by atoms with Gasteiger partial charge in [-0.2, -0.15) is 0 Å². The Hall–Kier alpha value is -3.02. The van der Waals surface area contributed by atoms with Gasteiger partial charge >= 0.3 is 5.97 Å². The molecule has 1 N–H and O–H groups in total. The van der Waals surface area contributed by atoms with Crippen molar-refractivity contribution in [2.24, 2.45) is 0 Å². The Morgan fingerprint density at radius 3 is 2.65 bits per heavy atom. The maximum absolute atomic E-state index is 11.7. The molecule has 0 fully saturated rings. The molecule has 1 aromatic heterocycles. The molecule has 1 aromatic carbocycles. The predicted octanol–water partition coefficient (Wildman–Crippen LogP) is 2.87. The molecule has 0 bridgehead atoms. The summed E-state index contributed by atoms with van der Waals surface area (Å²) in [6.07, 6.45) is 4.16. The van der Waals surface area contributed by atoms with E-state index in [1.54, 1.807) is 36.4 Å². The van der Waals surface area contributed by atoms with E-state index in [-0.39, 0.29) is 6.61 Å². The Labute approximate surface area is 133 Å². The first kappa shape index (κ1) is 16.4. The average Bonchev–Trinajstić information content (AvgIpc) is 3.06. The summed E-state index contributed by atoms with van der Waals surface area (Å²) in [6, 6.07) is 10.3. The number of ether oxygens (including phenoxy) is 2. The van der Waals surface area contributed by atoms with Crippen LogP contribution in [-0.4, -0.2) is 25.1 Å². The van der Waals surface area contributed by atoms with E-state index < -0.39 is 11.9 Å². The normalized spacial score (nSPS) is 10.5. The van der Waals surface area contributed by atoms with E-state index in [2.05, 4.69) is 5.32 Å². The lowest BCUT2D eigenvalue weighted by Gasteiger charge is -2.07. The fourth-order valence-corrected chi connectivity index (χ4v) is 1.72. The summed E-state index contributed by atoms with van der Waals surface area (Å²) in [4.78, 5) is 23.2. The molecule has 0 spiro atoms. The minimum absolute atomic E-state index is 0.367. The summed E-state index contributed by atoms with van der Waals surface area (Å²) in [5.74, 6) is 0.206. The van der Waals surface area contributed by atoms with Crippen LogP contribution >= 0.6 is 0 Å². The van der Waals surface area contributed by atoms with Gasteiger partial charge in [0.15, 0.2) is 6.61 Å². The van der Waals surface area contributed by atoms with Crippen molar-refractivity contribution < 1.29 is 23.5 Å². The van der Waals surface area contributed by atoms with E-state index in [1.807, 2.05) is 6.92 Å². The second-order valence-electron chi connectivity index (χ2n) is 4.46. The number of hydrogen-bond donors (Lipinski definition) is 1. The highest BCUT2D eigenvalue weighted by molar-refractivity contribution is 5.94. The zero-order valence-electron chi connectivity index (χ0n) is 12.7. The van der Waals surface area contributed by atoms with Gasteiger partial charge in [0.05, 0.1) is 12.9 Å². The molecule has 0 aliphatic carbocycles. The smallest absolute Gasteiger partial charge is 0.331 e. The molecule has 0 saturated heterocycles. The zero-order valence-corrected chi connectivity index (χ0v) is 12.7. The van der Waals surface area contributed by atoms with Gasteiger partial charge in [-0.05, 0) is 49.4 Å². The third-order valence-electron chi connectivity index (χ3n) is 2.72. The third-order valence-corrected chi connectivity index (χ3v) is 2.72. The van der Waals surface area contributed by atoms with Crippen LogP contribution in [0.3, 0.4) is 0 Å². The number of amides is 1. The van der Waals surface area contributed by atoms with E-state index >= 15 is 0 Å². The van der Waals surface area contributed by atoms with Crippen molar-refractivity contribution in [2.75, 3.05) is 18.5 Å². The second kappa shape index (κ2) is 8.43. The van der Waals surface area contributed by atoms with Gasteiger partial charge < -0.3 is 19.2 Å². The zero-order chi connectivity index (χ0) is 16.5. The van der Waals surface area contributed by atoms with Crippen LogP contribution in [-0.2, 0) is 14.3 Å². The Bertz CT molecular complexity index is 659. The van der Waals surface area contributed by atoms with Gasteiger partial charge in [-0.25, -0.2) is 4.79 Å². The number of nitrogens with one attached hydrogen (secondary N) is 1. The third kappa shape index (κ3) is 5.70. The topological polar surface area (TPSA) is 77.8 Å². The minimum Gasteiger partial charge on any atom is -0.494 e. The van der Waals surface area contributed by atoms with Crippen LogP contribution in [0.2, 0.25) is 0 Å². The number of carbonyl (C=O) groups is 2. The molecule has 0 atom stereocenters. The minimum atomic E-state index is -0.622. The standard InChI is InChI=1S/C17H17NO5/c1-2-21-15-7-5-13(6-8-15)18-16(19)12-23-17(20)10-9-14-4-3-11-22-14/h3-11H,2,12H2,1H3,(H,18,19). The van der Waals surface area contributed by atoms with Crippen LogP contribution in [0.15, 0.2) is 53.2 Å². The molecular formula is C17H17NO5. The van der Waals surface area contributed by atoms with Crippen molar-refractivity contribution in [3.8, 4) is 5.75 Å². The Balaban J connectivity index is 1.75. The van der Waals surface area contributed by atoms with E-state index in [0.717, 1.165) is 5.75 Å². The maximum Gasteiger partial charge on any atom is 0.331 e. The molecule has 0 radical (unpaired) electrons. The number of rotatable bonds is 7. The molecule has 0 aliphatic heterocycles. The largest absolute Gasteiger partial charge is 0.494 e. The van der Waals surface area contributed by atoms with Crippen molar-refractivity contribution in [1.29, 1.82) is 0 Å². The lowest BCUT2D eigenvalue weighted by Crippen LogP contribution is -2.20. The van der Waals surface area contributed by atoms with Gasteiger partial charge in [0.25, 0.3) is 5.91 Å². The molecule has 1 heterocycles. The number of furan rings is 1. The van der Waals surface area contributed by atoms with Gasteiger partial charge in [-0.1, -0.05) is 0 Å². The molecule has 2 rings (SSSR count). The molecule has 2 aromatic rings. The highest BCUT2D eigenvalue weighted by atomic mass is 16.5. The molecule has 6 nitrogen and oxygen atoms in total. The number of benzene rings is 1. The summed E-state index contributed by atoms with van der Waals surface area (Å²) < 4.78 is 15.2. The summed E-state index contributed by atoms with van der Waals surface area (Å²) in [5.41, 5.74) is 0.598. The van der Waals surface area contributed by atoms with E-state index in [1.165, 1.54) is 18.4 Å². The molecule has 0 saturated carbocycles. The molecular weight excluding hydrogens is 298 g/mol. The number of carbonyl (C=O) groups excluding carboxylic acids is 2. The summed E-state index contributed by atoms with van der Waals surface area (Å²) in [6.45, 7) is 2.10. The summed E-state index contributed by atoms with van der Waals surface area (Å²) in [5, 5.41) is 2.62. The van der Waals surface area contributed by atoms with Crippen LogP contribution in [0.25, 0.3) is 6.08 Å².